The first-order valence-corrected chi connectivity index (χ1v) is 46.7. The van der Waals surface area contributed by atoms with Gasteiger partial charge < -0.3 is 88.4 Å². The predicted octanol–water partition coefficient (Wildman–Crippen LogP) is 10.1. The highest BCUT2D eigenvalue weighted by Crippen LogP contribution is 2.40. The smallest absolute Gasteiger partial charge is 0.138 e. The van der Waals surface area contributed by atoms with Gasteiger partial charge in [0.1, 0.15) is 23.3 Å². The van der Waals surface area contributed by atoms with Gasteiger partial charge in [-0.2, -0.15) is 0 Å². The molecule has 0 saturated carbocycles. The summed E-state index contributed by atoms with van der Waals surface area (Å²) < 4.78 is 17.4. The molecule has 6 fully saturated rings. The lowest BCUT2D eigenvalue weighted by Gasteiger charge is -2.35. The molecule has 0 atom stereocenters. The maximum Gasteiger partial charge on any atom is 0.138 e. The first kappa shape index (κ1) is 84.1. The quantitative estimate of drug-likeness (QED) is 0.0172. The number of piperazine rings is 6. The van der Waals surface area contributed by atoms with Crippen LogP contribution in [0.1, 0.15) is 25.7 Å². The summed E-state index contributed by atoms with van der Waals surface area (Å²) in [6.07, 6.45) is 4.39. The largest absolute Gasteiger partial charge is 0.395 e. The highest BCUT2D eigenvalue weighted by molar-refractivity contribution is 6.12. The fraction of sp³-hybridized carbons (Fsp3) is 0.469. The molecule has 8 aromatic carbocycles. The van der Waals surface area contributed by atoms with E-state index in [1.54, 1.807) is 0 Å². The van der Waals surface area contributed by atoms with Crippen LogP contribution in [0, 0.1) is 0 Å². The van der Waals surface area contributed by atoms with Crippen molar-refractivity contribution in [3.05, 3.63) is 146 Å². The number of hydrogen-bond acceptors (Lipinski definition) is 22. The lowest BCUT2D eigenvalue weighted by molar-refractivity contribution is 0.0212. The molecule has 126 heavy (non-hydrogen) atoms. The van der Waals surface area contributed by atoms with Gasteiger partial charge in [-0.3, -0.25) is 29.4 Å². The summed E-state index contributed by atoms with van der Waals surface area (Å²) in [6, 6.07) is 53.8. The fourth-order valence-electron chi connectivity index (χ4n) is 20.5. The first-order valence-electron chi connectivity index (χ1n) is 46.7. The van der Waals surface area contributed by atoms with E-state index in [-0.39, 0.29) is 26.4 Å². The molecule has 20 rings (SSSR count). The number of rotatable bonds is 35. The zero-order valence-corrected chi connectivity index (χ0v) is 73.0. The number of β-amino-alcohol motifs (C(OH)–C–C–N with tert-alkyl or cyclic N) is 4. The Morgan fingerprint density at radius 3 is 0.722 bits per heavy atom. The van der Waals surface area contributed by atoms with Crippen LogP contribution >= 0.6 is 0 Å². The van der Waals surface area contributed by atoms with Crippen LogP contribution in [0.4, 0.5) is 22.7 Å². The number of nitrogens with zero attached hydrogens (tertiary/aromatic N) is 18. The maximum absolute atomic E-state index is 9.53. The molecule has 12 heterocycles. The summed E-state index contributed by atoms with van der Waals surface area (Å²) in [4.78, 5) is 65.0. The standard InChI is InChI=1S/C98H124N22O6/c121-55-49-109-33-41-115(42-34-109)75-9-13-83-87(67-75)103-95(99-83)71-5-17-91-79(63-71)80-64-72(96-100-84-14-10-76(68-88(84)104-96)116-43-35-110(36-44-116)50-56-122)6-18-92(80)119(91)23-3-1-21-107-25-29-113(30-26-107)53-59-125-61-62-126-60-54-114-31-27-108(28-32-114)22-2-4-24-120-93-19-7-73(97-101-85-15-11-77(69-89(85)105-97)117-45-37-111(38-46-117)51-57-123)65-81(93)82-66-74(8-20-94(82)120)98-102-86-16-12-78(70-90(86)106-98)118-47-39-112(40-48-118)52-58-124/h5-20,63-70,121-124H,1-4,21-62H2,(H,99,103)(H,100,104)(H,101,105)(H,102,106). The van der Waals surface area contributed by atoms with Crippen LogP contribution in [-0.4, -0.2) is 371 Å². The van der Waals surface area contributed by atoms with Gasteiger partial charge in [-0.1, -0.05) is 0 Å². The summed E-state index contributed by atoms with van der Waals surface area (Å²) in [5.41, 5.74) is 21.9. The molecule has 0 unspecified atom stereocenters. The van der Waals surface area contributed by atoms with Crippen LogP contribution in [0.25, 0.3) is 133 Å². The third-order valence-electron chi connectivity index (χ3n) is 27.9. The van der Waals surface area contributed by atoms with Gasteiger partial charge in [-0.25, -0.2) is 19.9 Å². The highest BCUT2D eigenvalue weighted by atomic mass is 16.5. The number of aryl methyl sites for hydroxylation is 2. The molecular formula is C98H124N22O6. The number of aromatic nitrogens is 10. The second-order valence-electron chi connectivity index (χ2n) is 35.6. The van der Waals surface area contributed by atoms with Crippen molar-refractivity contribution in [1.82, 2.24) is 88.2 Å². The van der Waals surface area contributed by atoms with E-state index in [1.165, 1.54) is 66.4 Å². The second-order valence-corrected chi connectivity index (χ2v) is 35.6. The van der Waals surface area contributed by atoms with Crippen LogP contribution < -0.4 is 19.6 Å². The van der Waals surface area contributed by atoms with Crippen LogP contribution in [0.5, 0.6) is 0 Å². The van der Waals surface area contributed by atoms with Gasteiger partial charge in [0.15, 0.2) is 0 Å². The molecule has 0 amide bonds. The van der Waals surface area contributed by atoms with Gasteiger partial charge in [-0.05, 0) is 184 Å². The lowest BCUT2D eigenvalue weighted by Crippen LogP contribution is -2.47. The van der Waals surface area contributed by atoms with E-state index >= 15 is 0 Å². The van der Waals surface area contributed by atoms with Gasteiger partial charge in [-0.15, -0.1) is 0 Å². The third kappa shape index (κ3) is 18.7. The first-order chi connectivity index (χ1) is 62.1. The van der Waals surface area contributed by atoms with Gasteiger partial charge in [0, 0.05) is 298 Å². The number of fused-ring (bicyclic) bond motifs is 10. The van der Waals surface area contributed by atoms with Crippen LogP contribution in [0.3, 0.4) is 0 Å². The van der Waals surface area contributed by atoms with Gasteiger partial charge in [0.25, 0.3) is 0 Å². The van der Waals surface area contributed by atoms with E-state index in [4.69, 9.17) is 29.4 Å². The minimum Gasteiger partial charge on any atom is -0.395 e. The number of benzene rings is 8. The SMILES string of the molecule is OCCN1CCN(c2ccc3nc(-c4ccc5c(c4)c4cc(-c6nc7ccc(N8CCN(CCO)CC8)cc7[nH]6)ccc4n5CCCCN4CCN(CCOCCOCCN5CCN(CCCCn6c7ccc(-c8nc9ccc(N%10CCN(CCO)CC%10)cc9[nH]8)cc7c7cc(-c8nc9ccc(N%10CCN(CCO)CC%10)cc9[nH]8)ccc76)CC5)CC4)[nH]c3c2)CC1. The topological polar surface area (TPSA) is 263 Å². The Bertz CT molecular complexity index is 5340. The number of ether oxygens (including phenoxy) is 2. The number of aliphatic hydroxyl groups is 4. The minimum atomic E-state index is 0.196. The van der Waals surface area contributed by atoms with Crippen LogP contribution in [0.15, 0.2) is 146 Å². The van der Waals surface area contributed by atoms with E-state index in [2.05, 4.69) is 233 Å². The van der Waals surface area contributed by atoms with Crippen molar-refractivity contribution in [3.8, 4) is 45.6 Å². The Hall–Kier alpha value is -10.1. The van der Waals surface area contributed by atoms with E-state index in [0.29, 0.717) is 13.2 Å². The molecule has 14 aromatic rings. The molecule has 662 valence electrons. The Kier molecular flexibility index (Phi) is 25.9. The van der Waals surface area contributed by atoms with Crippen molar-refractivity contribution >= 4 is 110 Å². The number of aromatic amines is 4. The molecular weight excluding hydrogens is 1580 g/mol. The normalized spacial score (nSPS) is 17.8. The van der Waals surface area contributed by atoms with E-state index in [0.717, 1.165) is 351 Å². The van der Waals surface area contributed by atoms with E-state index < -0.39 is 0 Å². The van der Waals surface area contributed by atoms with E-state index in [9.17, 15) is 20.4 Å². The molecule has 28 heteroatoms. The molecule has 0 bridgehead atoms. The summed E-state index contributed by atoms with van der Waals surface area (Å²) >= 11 is 0. The molecule has 6 aromatic heterocycles. The van der Waals surface area contributed by atoms with Crippen LogP contribution in [-0.2, 0) is 22.6 Å². The number of nitrogens with one attached hydrogen (secondary N) is 4. The molecule has 6 aliphatic rings. The average Bonchev–Trinajstić information content (AvgIpc) is 1.59. The summed E-state index contributed by atoms with van der Waals surface area (Å²) in [6.45, 7) is 35.8. The number of anilines is 4. The second kappa shape index (κ2) is 38.8. The van der Waals surface area contributed by atoms with Gasteiger partial charge >= 0.3 is 0 Å². The zero-order valence-electron chi connectivity index (χ0n) is 73.0. The molecule has 28 nitrogen and oxygen atoms in total. The predicted molar refractivity (Wildman–Crippen MR) is 508 cm³/mol. The number of H-pyrrole nitrogens is 4. The summed E-state index contributed by atoms with van der Waals surface area (Å²) in [5.74, 6) is 3.45. The highest BCUT2D eigenvalue weighted by Gasteiger charge is 2.27. The molecule has 0 radical (unpaired) electrons. The number of unbranched alkanes of at least 4 members (excludes halogenated alkanes) is 2. The van der Waals surface area contributed by atoms with Crippen molar-refractivity contribution < 1.29 is 29.9 Å². The number of hydrogen-bond donors (Lipinski definition) is 8. The van der Waals surface area contributed by atoms with Gasteiger partial charge in [0.05, 0.1) is 97.0 Å². The van der Waals surface area contributed by atoms with Crippen LogP contribution in [0.2, 0.25) is 0 Å². The van der Waals surface area contributed by atoms with Crippen molar-refractivity contribution in [2.45, 2.75) is 38.8 Å². The van der Waals surface area contributed by atoms with Crippen molar-refractivity contribution in [1.29, 1.82) is 0 Å². The minimum absolute atomic E-state index is 0.196. The molecule has 0 spiro atoms. The Balaban J connectivity index is 0.407. The fourth-order valence-corrected chi connectivity index (χ4v) is 20.5. The molecule has 6 aliphatic heterocycles. The van der Waals surface area contributed by atoms with Crippen molar-refractivity contribution in [2.75, 3.05) is 282 Å². The Morgan fingerprint density at radius 1 is 0.238 bits per heavy atom. The lowest BCUT2D eigenvalue weighted by atomic mass is 10.1. The van der Waals surface area contributed by atoms with Crippen molar-refractivity contribution in [3.63, 3.8) is 0 Å². The molecule has 6 saturated heterocycles. The number of aliphatic hydroxyl groups excluding tert-OH is 4. The van der Waals surface area contributed by atoms with E-state index in [1.807, 2.05) is 0 Å². The monoisotopic (exact) mass is 1710 g/mol. The number of imidazole rings is 4. The molecule has 0 aliphatic carbocycles. The summed E-state index contributed by atoms with van der Waals surface area (Å²) in [7, 11) is 0. The van der Waals surface area contributed by atoms with Crippen molar-refractivity contribution in [2.24, 2.45) is 0 Å². The van der Waals surface area contributed by atoms with Gasteiger partial charge in [0.2, 0.25) is 0 Å². The zero-order chi connectivity index (χ0) is 84.8. The molecule has 8 N–H and O–H groups in total. The Morgan fingerprint density at radius 2 is 0.468 bits per heavy atom. The average molecular weight is 1710 g/mol. The third-order valence-corrected chi connectivity index (χ3v) is 27.9. The Labute approximate surface area is 736 Å². The maximum atomic E-state index is 9.53. The summed E-state index contributed by atoms with van der Waals surface area (Å²) in [5, 5.41) is 42.9.